The van der Waals surface area contributed by atoms with Gasteiger partial charge in [0.25, 0.3) is 0 Å². The van der Waals surface area contributed by atoms with Crippen molar-refractivity contribution in [2.75, 3.05) is 45.8 Å². The Kier molecular flexibility index (Phi) is 7.69. The summed E-state index contributed by atoms with van der Waals surface area (Å²) in [5.74, 6) is 0.454. The molecule has 7 heteroatoms. The number of nitrogens with zero attached hydrogens (tertiary/aromatic N) is 5. The van der Waals surface area contributed by atoms with Gasteiger partial charge in [-0.25, -0.2) is 0 Å². The second-order valence-corrected chi connectivity index (χ2v) is 6.78. The number of nitriles is 2. The van der Waals surface area contributed by atoms with Crippen LogP contribution in [0.2, 0.25) is 0 Å². The van der Waals surface area contributed by atoms with Crippen LogP contribution < -0.4 is 0 Å². The molecule has 0 atom stereocenters. The van der Waals surface area contributed by atoms with E-state index in [2.05, 4.69) is 4.90 Å². The Balaban J connectivity index is 1.77. The van der Waals surface area contributed by atoms with Crippen molar-refractivity contribution in [3.63, 3.8) is 0 Å². The second-order valence-electron chi connectivity index (χ2n) is 6.78. The molecule has 1 aliphatic heterocycles. The highest BCUT2D eigenvalue weighted by Crippen LogP contribution is 2.26. The molecule has 0 unspecified atom stereocenters. The Bertz CT molecular complexity index is 519. The quantitative estimate of drug-likeness (QED) is 0.686. The minimum atomic E-state index is -0.0407. The van der Waals surface area contributed by atoms with Crippen LogP contribution in [0.25, 0.3) is 0 Å². The van der Waals surface area contributed by atoms with Crippen molar-refractivity contribution in [2.45, 2.75) is 38.5 Å². The number of amides is 2. The molecule has 1 heterocycles. The summed E-state index contributed by atoms with van der Waals surface area (Å²) in [7, 11) is 0. The molecule has 0 spiro atoms. The van der Waals surface area contributed by atoms with Crippen molar-refractivity contribution in [3.05, 3.63) is 0 Å². The van der Waals surface area contributed by atoms with Gasteiger partial charge in [0.2, 0.25) is 11.8 Å². The summed E-state index contributed by atoms with van der Waals surface area (Å²) in [4.78, 5) is 30.5. The maximum Gasteiger partial charge on any atom is 0.236 e. The van der Waals surface area contributed by atoms with Gasteiger partial charge in [0.05, 0.1) is 31.5 Å². The third-order valence-corrected chi connectivity index (χ3v) is 5.09. The predicted octanol–water partition coefficient (Wildman–Crippen LogP) is 0.977. The van der Waals surface area contributed by atoms with Crippen LogP contribution in [0.1, 0.15) is 38.5 Å². The fourth-order valence-electron chi connectivity index (χ4n) is 3.58. The van der Waals surface area contributed by atoms with Crippen LogP contribution >= 0.6 is 0 Å². The van der Waals surface area contributed by atoms with Crippen molar-refractivity contribution in [3.8, 4) is 12.1 Å². The van der Waals surface area contributed by atoms with Crippen molar-refractivity contribution >= 4 is 11.8 Å². The minimum Gasteiger partial charge on any atom is -0.340 e. The number of carbonyl (C=O) groups is 2. The van der Waals surface area contributed by atoms with Gasteiger partial charge in [0.1, 0.15) is 0 Å². The lowest BCUT2D eigenvalue weighted by molar-refractivity contribution is -0.138. The van der Waals surface area contributed by atoms with E-state index in [9.17, 15) is 9.59 Å². The van der Waals surface area contributed by atoms with Crippen molar-refractivity contribution in [1.82, 2.24) is 14.7 Å². The zero-order valence-electron chi connectivity index (χ0n) is 14.8. The van der Waals surface area contributed by atoms with Gasteiger partial charge in [-0.3, -0.25) is 14.5 Å². The molecule has 2 aliphatic rings. The highest BCUT2D eigenvalue weighted by Gasteiger charge is 2.30. The van der Waals surface area contributed by atoms with Gasteiger partial charge in [0.15, 0.2) is 0 Å². The average Bonchev–Trinajstić information content (AvgIpc) is 3.16. The number of hydrogen-bond donors (Lipinski definition) is 0. The number of hydrogen-bond acceptors (Lipinski definition) is 5. The Morgan fingerprint density at radius 2 is 1.52 bits per heavy atom. The van der Waals surface area contributed by atoms with Gasteiger partial charge >= 0.3 is 0 Å². The van der Waals surface area contributed by atoms with Crippen LogP contribution in [0.4, 0.5) is 0 Å². The average molecular weight is 345 g/mol. The maximum atomic E-state index is 12.4. The summed E-state index contributed by atoms with van der Waals surface area (Å²) < 4.78 is 0. The number of rotatable bonds is 7. The van der Waals surface area contributed by atoms with Gasteiger partial charge < -0.3 is 9.80 Å². The zero-order chi connectivity index (χ0) is 18.1. The van der Waals surface area contributed by atoms with Crippen molar-refractivity contribution in [1.29, 1.82) is 10.5 Å². The summed E-state index contributed by atoms with van der Waals surface area (Å²) in [6.07, 6.45) is 4.91. The van der Waals surface area contributed by atoms with Gasteiger partial charge in [-0.15, -0.1) is 0 Å². The first kappa shape index (κ1) is 19.2. The molecule has 0 bridgehead atoms. The summed E-state index contributed by atoms with van der Waals surface area (Å²) in [5.41, 5.74) is 0. The summed E-state index contributed by atoms with van der Waals surface area (Å²) in [5, 5.41) is 17.4. The fourth-order valence-corrected chi connectivity index (χ4v) is 3.58. The largest absolute Gasteiger partial charge is 0.340 e. The molecule has 1 aliphatic carbocycles. The molecular formula is C18H27N5O2. The van der Waals surface area contributed by atoms with Crippen molar-refractivity contribution < 1.29 is 9.59 Å². The molecule has 0 aromatic rings. The Morgan fingerprint density at radius 1 is 0.960 bits per heavy atom. The Labute approximate surface area is 149 Å². The third kappa shape index (κ3) is 5.72. The molecule has 0 aromatic heterocycles. The Hall–Kier alpha value is -2.12. The molecule has 25 heavy (non-hydrogen) atoms. The first-order chi connectivity index (χ1) is 12.2. The first-order valence-corrected chi connectivity index (χ1v) is 9.18. The van der Waals surface area contributed by atoms with E-state index in [1.165, 1.54) is 0 Å². The number of carbonyl (C=O) groups excluding carboxylic acids is 2. The molecule has 1 saturated heterocycles. The zero-order valence-corrected chi connectivity index (χ0v) is 14.8. The molecule has 1 saturated carbocycles. The van der Waals surface area contributed by atoms with E-state index in [1.54, 1.807) is 4.90 Å². The second kappa shape index (κ2) is 10.0. The lowest BCUT2D eigenvalue weighted by Gasteiger charge is -2.36. The third-order valence-electron chi connectivity index (χ3n) is 5.09. The fraction of sp³-hybridized carbons (Fsp3) is 0.778. The van der Waals surface area contributed by atoms with Crippen LogP contribution in [0.15, 0.2) is 0 Å². The molecule has 7 nitrogen and oxygen atoms in total. The maximum absolute atomic E-state index is 12.4. The van der Waals surface area contributed by atoms with E-state index in [1.807, 2.05) is 17.0 Å². The summed E-state index contributed by atoms with van der Waals surface area (Å²) in [6, 6.07) is 4.09. The molecule has 2 amide bonds. The van der Waals surface area contributed by atoms with Gasteiger partial charge in [0, 0.05) is 45.2 Å². The Morgan fingerprint density at radius 3 is 2.04 bits per heavy atom. The van der Waals surface area contributed by atoms with Crippen LogP contribution in [0, 0.1) is 28.6 Å². The lowest BCUT2D eigenvalue weighted by Crippen LogP contribution is -2.52. The number of piperazine rings is 1. The minimum absolute atomic E-state index is 0.0407. The summed E-state index contributed by atoms with van der Waals surface area (Å²) in [6.45, 7) is 3.80. The van der Waals surface area contributed by atoms with E-state index < -0.39 is 0 Å². The standard InChI is InChI=1S/C18H27N5O2/c19-7-3-9-22(10-4-8-20)17(24)15-21-11-13-23(14-12-21)18(25)16-5-1-2-6-16/h16H,1-6,9-15H2. The highest BCUT2D eigenvalue weighted by molar-refractivity contribution is 5.80. The van der Waals surface area contributed by atoms with E-state index in [4.69, 9.17) is 10.5 Å². The van der Waals surface area contributed by atoms with Crippen molar-refractivity contribution in [2.24, 2.45) is 5.92 Å². The SMILES string of the molecule is N#CCCN(CCC#N)C(=O)CN1CCN(C(=O)C2CCCC2)CC1. The monoisotopic (exact) mass is 345 g/mol. The van der Waals surface area contributed by atoms with Crippen LogP contribution in [0.3, 0.4) is 0 Å². The van der Waals surface area contributed by atoms with E-state index in [0.717, 1.165) is 25.7 Å². The van der Waals surface area contributed by atoms with Crippen LogP contribution in [-0.4, -0.2) is 72.3 Å². The molecular weight excluding hydrogens is 318 g/mol. The van der Waals surface area contributed by atoms with Gasteiger partial charge in [-0.1, -0.05) is 12.8 Å². The molecule has 2 fully saturated rings. The smallest absolute Gasteiger partial charge is 0.236 e. The van der Waals surface area contributed by atoms with E-state index in [-0.39, 0.29) is 30.6 Å². The first-order valence-electron chi connectivity index (χ1n) is 9.18. The lowest BCUT2D eigenvalue weighted by atomic mass is 10.1. The molecule has 0 aromatic carbocycles. The van der Waals surface area contributed by atoms with Gasteiger partial charge in [-0.2, -0.15) is 10.5 Å². The molecule has 0 N–H and O–H groups in total. The predicted molar refractivity (Wildman–Crippen MR) is 92.0 cm³/mol. The van der Waals surface area contributed by atoms with E-state index in [0.29, 0.717) is 45.8 Å². The normalized spacial score (nSPS) is 18.6. The van der Waals surface area contributed by atoms with E-state index >= 15 is 0 Å². The molecule has 0 radical (unpaired) electrons. The van der Waals surface area contributed by atoms with Crippen LogP contribution in [0.5, 0.6) is 0 Å². The highest BCUT2D eigenvalue weighted by atomic mass is 16.2. The molecule has 2 rings (SSSR count). The topological polar surface area (TPSA) is 91.4 Å². The summed E-state index contributed by atoms with van der Waals surface area (Å²) >= 11 is 0. The van der Waals surface area contributed by atoms with Crippen LogP contribution in [-0.2, 0) is 9.59 Å². The van der Waals surface area contributed by atoms with Gasteiger partial charge in [-0.05, 0) is 12.8 Å². The molecule has 136 valence electrons.